The van der Waals surface area contributed by atoms with Gasteiger partial charge >= 0.3 is 0 Å². The number of rotatable bonds is 7. The second-order valence-electron chi connectivity index (χ2n) is 5.59. The molecule has 2 aromatic rings. The minimum atomic E-state index is -0.509. The molecule has 2 aromatic carbocycles. The van der Waals surface area contributed by atoms with Crippen LogP contribution in [0.4, 0.5) is 0 Å². The van der Waals surface area contributed by atoms with Gasteiger partial charge in [-0.25, -0.2) is 0 Å². The van der Waals surface area contributed by atoms with Gasteiger partial charge in [-0.15, -0.1) is 0 Å². The first kappa shape index (κ1) is 19.6. The fraction of sp³-hybridized carbons (Fsp3) is 0.263. The van der Waals surface area contributed by atoms with Crippen LogP contribution in [-0.2, 0) is 4.79 Å². The first-order valence-electron chi connectivity index (χ1n) is 8.22. The predicted octanol–water partition coefficient (Wildman–Crippen LogP) is 3.36. The van der Waals surface area contributed by atoms with E-state index >= 15 is 0 Å². The quantitative estimate of drug-likeness (QED) is 0.726. The van der Waals surface area contributed by atoms with Gasteiger partial charge in [0, 0.05) is 5.56 Å². The average Bonchev–Trinajstić information content (AvgIpc) is 2.65. The van der Waals surface area contributed by atoms with Crippen molar-refractivity contribution >= 4 is 23.4 Å². The summed E-state index contributed by atoms with van der Waals surface area (Å²) < 4.78 is 11.0. The lowest BCUT2D eigenvalue weighted by Gasteiger charge is -2.13. The van der Waals surface area contributed by atoms with Crippen molar-refractivity contribution in [3.8, 4) is 11.5 Å². The zero-order valence-electron chi connectivity index (χ0n) is 14.6. The van der Waals surface area contributed by atoms with Gasteiger partial charge in [0.05, 0.1) is 11.1 Å². The van der Waals surface area contributed by atoms with Gasteiger partial charge in [-0.2, -0.15) is 0 Å². The summed E-state index contributed by atoms with van der Waals surface area (Å²) in [5.74, 6) is 0.0295. The van der Waals surface area contributed by atoms with E-state index < -0.39 is 11.8 Å². The number of nitrogens with one attached hydrogen (secondary N) is 2. The van der Waals surface area contributed by atoms with Gasteiger partial charge < -0.3 is 9.47 Å². The Kier molecular flexibility index (Phi) is 7.29. The molecule has 0 heterocycles. The fourth-order valence-electron chi connectivity index (χ4n) is 1.97. The van der Waals surface area contributed by atoms with Crippen molar-refractivity contribution in [2.45, 2.75) is 26.4 Å². The highest BCUT2D eigenvalue weighted by Gasteiger charge is 2.10. The van der Waals surface area contributed by atoms with Gasteiger partial charge in [0.1, 0.15) is 11.5 Å². The Morgan fingerprint density at radius 2 is 1.88 bits per heavy atom. The first-order valence-corrected chi connectivity index (χ1v) is 8.60. The van der Waals surface area contributed by atoms with Crippen LogP contribution in [0.1, 0.15) is 30.6 Å². The summed E-state index contributed by atoms with van der Waals surface area (Å²) in [6.45, 7) is 3.69. The lowest BCUT2D eigenvalue weighted by molar-refractivity contribution is -0.123. The Hall–Kier alpha value is -2.73. The SMILES string of the molecule is CCC(C)Oc1cccc(C(=O)NNC(=O)COc2ccccc2Cl)c1. The monoisotopic (exact) mass is 376 g/mol. The molecule has 7 heteroatoms. The van der Waals surface area contributed by atoms with Crippen LogP contribution in [0.5, 0.6) is 11.5 Å². The smallest absolute Gasteiger partial charge is 0.276 e. The van der Waals surface area contributed by atoms with Crippen LogP contribution in [0.2, 0.25) is 5.02 Å². The van der Waals surface area contributed by atoms with Gasteiger partial charge in [-0.1, -0.05) is 36.7 Å². The van der Waals surface area contributed by atoms with E-state index in [1.54, 1.807) is 48.5 Å². The molecule has 0 fully saturated rings. The van der Waals surface area contributed by atoms with E-state index in [0.29, 0.717) is 22.1 Å². The molecule has 0 aliphatic heterocycles. The van der Waals surface area contributed by atoms with Gasteiger partial charge in [-0.05, 0) is 43.7 Å². The number of ether oxygens (including phenoxy) is 2. The Morgan fingerprint density at radius 1 is 1.12 bits per heavy atom. The van der Waals surface area contributed by atoms with Crippen molar-refractivity contribution < 1.29 is 19.1 Å². The second kappa shape index (κ2) is 9.68. The average molecular weight is 377 g/mol. The third-order valence-electron chi connectivity index (χ3n) is 3.52. The first-order chi connectivity index (χ1) is 12.5. The molecule has 2 rings (SSSR count). The zero-order valence-corrected chi connectivity index (χ0v) is 15.4. The van der Waals surface area contributed by atoms with Gasteiger partial charge in [-0.3, -0.25) is 20.4 Å². The Balaban J connectivity index is 1.83. The molecule has 0 saturated carbocycles. The molecule has 0 bridgehead atoms. The molecule has 0 aromatic heterocycles. The number of carbonyl (C=O) groups is 2. The Bertz CT molecular complexity index is 767. The molecule has 0 spiro atoms. The van der Waals surface area contributed by atoms with E-state index in [9.17, 15) is 9.59 Å². The number of hydrazine groups is 1. The maximum Gasteiger partial charge on any atom is 0.276 e. The summed E-state index contributed by atoms with van der Waals surface area (Å²) in [4.78, 5) is 23.9. The van der Waals surface area contributed by atoms with Crippen molar-refractivity contribution in [1.82, 2.24) is 10.9 Å². The highest BCUT2D eigenvalue weighted by atomic mass is 35.5. The molecule has 138 valence electrons. The molecule has 0 aliphatic carbocycles. The van der Waals surface area contributed by atoms with E-state index in [-0.39, 0.29) is 12.7 Å². The maximum atomic E-state index is 12.1. The fourth-order valence-corrected chi connectivity index (χ4v) is 2.16. The number of para-hydroxylation sites is 1. The lowest BCUT2D eigenvalue weighted by atomic mass is 10.2. The second-order valence-corrected chi connectivity index (χ2v) is 5.99. The summed E-state index contributed by atoms with van der Waals surface area (Å²) in [5, 5.41) is 0.405. The number of benzene rings is 2. The van der Waals surface area contributed by atoms with Crippen LogP contribution in [0.3, 0.4) is 0 Å². The highest BCUT2D eigenvalue weighted by molar-refractivity contribution is 6.32. The number of carbonyl (C=O) groups excluding carboxylic acids is 2. The number of hydrogen-bond acceptors (Lipinski definition) is 4. The topological polar surface area (TPSA) is 76.7 Å². The summed E-state index contributed by atoms with van der Waals surface area (Å²) in [5.41, 5.74) is 5.01. The van der Waals surface area contributed by atoms with E-state index in [0.717, 1.165) is 6.42 Å². The standard InChI is InChI=1S/C19H21ClN2O4/c1-3-13(2)26-15-8-6-7-14(11-15)19(24)22-21-18(23)12-25-17-10-5-4-9-16(17)20/h4-11,13H,3,12H2,1-2H3,(H,21,23)(H,22,24). The van der Waals surface area contributed by atoms with Crippen LogP contribution in [-0.4, -0.2) is 24.5 Å². The molecule has 26 heavy (non-hydrogen) atoms. The van der Waals surface area contributed by atoms with Crippen LogP contribution < -0.4 is 20.3 Å². The van der Waals surface area contributed by atoms with Gasteiger partial charge in [0.2, 0.25) is 0 Å². The van der Waals surface area contributed by atoms with E-state index in [4.69, 9.17) is 21.1 Å². The van der Waals surface area contributed by atoms with Crippen molar-refractivity contribution in [2.24, 2.45) is 0 Å². The van der Waals surface area contributed by atoms with Crippen molar-refractivity contribution in [3.05, 3.63) is 59.1 Å². The van der Waals surface area contributed by atoms with Gasteiger partial charge in [0.15, 0.2) is 6.61 Å². The molecule has 0 saturated heterocycles. The molecule has 0 aliphatic rings. The van der Waals surface area contributed by atoms with Crippen molar-refractivity contribution in [3.63, 3.8) is 0 Å². The van der Waals surface area contributed by atoms with Gasteiger partial charge in [0.25, 0.3) is 11.8 Å². The summed E-state index contributed by atoms with van der Waals surface area (Å²) in [6.07, 6.45) is 0.910. The lowest BCUT2D eigenvalue weighted by Crippen LogP contribution is -2.43. The number of hydrogen-bond donors (Lipinski definition) is 2. The van der Waals surface area contributed by atoms with Crippen LogP contribution in [0.15, 0.2) is 48.5 Å². The van der Waals surface area contributed by atoms with E-state index in [1.165, 1.54) is 0 Å². The van der Waals surface area contributed by atoms with Crippen molar-refractivity contribution in [2.75, 3.05) is 6.61 Å². The largest absolute Gasteiger partial charge is 0.491 e. The molecule has 0 radical (unpaired) electrons. The molecular weight excluding hydrogens is 356 g/mol. The molecule has 6 nitrogen and oxygen atoms in total. The number of amides is 2. The third kappa shape index (κ3) is 5.97. The molecule has 1 atom stereocenters. The minimum Gasteiger partial charge on any atom is -0.491 e. The maximum absolute atomic E-state index is 12.1. The van der Waals surface area contributed by atoms with E-state index in [2.05, 4.69) is 10.9 Å². The minimum absolute atomic E-state index is 0.0509. The van der Waals surface area contributed by atoms with Crippen molar-refractivity contribution in [1.29, 1.82) is 0 Å². The summed E-state index contributed by atoms with van der Waals surface area (Å²) >= 11 is 5.94. The van der Waals surface area contributed by atoms with E-state index in [1.807, 2.05) is 13.8 Å². The zero-order chi connectivity index (χ0) is 18.9. The number of halogens is 1. The Labute approximate surface area is 157 Å². The molecule has 1 unspecified atom stereocenters. The molecule has 2 amide bonds. The normalized spacial score (nSPS) is 11.3. The summed E-state index contributed by atoms with van der Waals surface area (Å²) in [6, 6.07) is 13.6. The highest BCUT2D eigenvalue weighted by Crippen LogP contribution is 2.22. The third-order valence-corrected chi connectivity index (χ3v) is 3.83. The molecule has 2 N–H and O–H groups in total. The molecular formula is C19H21ClN2O4. The summed E-state index contributed by atoms with van der Waals surface area (Å²) in [7, 11) is 0. The predicted molar refractivity (Wildman–Crippen MR) is 99.4 cm³/mol. The van der Waals surface area contributed by atoms with Crippen LogP contribution >= 0.6 is 11.6 Å². The Morgan fingerprint density at radius 3 is 2.62 bits per heavy atom. The van der Waals surface area contributed by atoms with Crippen LogP contribution in [0.25, 0.3) is 0 Å². The van der Waals surface area contributed by atoms with Crippen LogP contribution in [0, 0.1) is 0 Å².